The SMILES string of the molecule is CC(CNC(=O)c1cnc(NN)cn1)C1CC1. The zero-order valence-corrected chi connectivity index (χ0v) is 9.81. The molecule has 6 heteroatoms. The Bertz CT molecular complexity index is 387. The quantitative estimate of drug-likeness (QED) is 0.511. The first-order chi connectivity index (χ1) is 8.20. The van der Waals surface area contributed by atoms with Crippen molar-refractivity contribution in [2.75, 3.05) is 12.0 Å². The highest BCUT2D eigenvalue weighted by molar-refractivity contribution is 5.91. The number of hydrogen-bond acceptors (Lipinski definition) is 5. The number of nitrogens with two attached hydrogens (primary N) is 1. The van der Waals surface area contributed by atoms with Crippen LogP contribution in [-0.4, -0.2) is 22.4 Å². The minimum Gasteiger partial charge on any atom is -0.350 e. The van der Waals surface area contributed by atoms with Gasteiger partial charge in [-0.05, 0) is 24.7 Å². The number of hydrogen-bond donors (Lipinski definition) is 3. The van der Waals surface area contributed by atoms with Gasteiger partial charge in [-0.15, -0.1) is 0 Å². The molecule has 1 aliphatic carbocycles. The molecule has 0 saturated heterocycles. The van der Waals surface area contributed by atoms with Crippen molar-refractivity contribution >= 4 is 11.7 Å². The van der Waals surface area contributed by atoms with E-state index in [1.54, 1.807) is 0 Å². The number of carbonyl (C=O) groups is 1. The van der Waals surface area contributed by atoms with Gasteiger partial charge in [0.1, 0.15) is 5.69 Å². The Labute approximate surface area is 100.0 Å². The van der Waals surface area contributed by atoms with E-state index < -0.39 is 0 Å². The van der Waals surface area contributed by atoms with Crippen LogP contribution in [0.3, 0.4) is 0 Å². The van der Waals surface area contributed by atoms with E-state index in [2.05, 4.69) is 27.6 Å². The van der Waals surface area contributed by atoms with Crippen molar-refractivity contribution in [3.8, 4) is 0 Å². The first kappa shape index (κ1) is 11.8. The predicted octanol–water partition coefficient (Wildman–Crippen LogP) is 0.538. The van der Waals surface area contributed by atoms with Crippen LogP contribution in [0.5, 0.6) is 0 Å². The van der Waals surface area contributed by atoms with Crippen LogP contribution in [0.1, 0.15) is 30.3 Å². The van der Waals surface area contributed by atoms with Crippen molar-refractivity contribution in [2.45, 2.75) is 19.8 Å². The summed E-state index contributed by atoms with van der Waals surface area (Å²) >= 11 is 0. The lowest BCUT2D eigenvalue weighted by Crippen LogP contribution is -2.29. The highest BCUT2D eigenvalue weighted by Gasteiger charge is 2.27. The number of nitrogens with one attached hydrogen (secondary N) is 2. The smallest absolute Gasteiger partial charge is 0.271 e. The van der Waals surface area contributed by atoms with Gasteiger partial charge in [-0.1, -0.05) is 6.92 Å². The molecule has 92 valence electrons. The molecule has 0 spiro atoms. The zero-order chi connectivity index (χ0) is 12.3. The first-order valence-corrected chi connectivity index (χ1v) is 5.77. The topological polar surface area (TPSA) is 92.9 Å². The maximum absolute atomic E-state index is 11.7. The van der Waals surface area contributed by atoms with Gasteiger partial charge in [0.2, 0.25) is 0 Å². The Hall–Kier alpha value is -1.69. The first-order valence-electron chi connectivity index (χ1n) is 5.77. The molecule has 1 amide bonds. The van der Waals surface area contributed by atoms with Crippen molar-refractivity contribution in [3.63, 3.8) is 0 Å². The molecule has 1 aromatic rings. The summed E-state index contributed by atoms with van der Waals surface area (Å²) in [5, 5.41) is 2.86. The van der Waals surface area contributed by atoms with Gasteiger partial charge in [0.25, 0.3) is 5.91 Å². The molecule has 4 N–H and O–H groups in total. The van der Waals surface area contributed by atoms with E-state index in [-0.39, 0.29) is 5.91 Å². The minimum atomic E-state index is -0.187. The van der Waals surface area contributed by atoms with Gasteiger partial charge in [-0.2, -0.15) is 0 Å². The van der Waals surface area contributed by atoms with Crippen LogP contribution in [0.15, 0.2) is 12.4 Å². The molecule has 1 atom stereocenters. The van der Waals surface area contributed by atoms with Crippen LogP contribution in [0, 0.1) is 11.8 Å². The molecule has 0 bridgehead atoms. The van der Waals surface area contributed by atoms with Crippen LogP contribution >= 0.6 is 0 Å². The maximum atomic E-state index is 11.7. The van der Waals surface area contributed by atoms with Crippen LogP contribution < -0.4 is 16.6 Å². The van der Waals surface area contributed by atoms with Gasteiger partial charge < -0.3 is 10.7 Å². The summed E-state index contributed by atoms with van der Waals surface area (Å²) in [6.07, 6.45) is 5.41. The van der Waals surface area contributed by atoms with Gasteiger partial charge in [-0.3, -0.25) is 4.79 Å². The lowest BCUT2D eigenvalue weighted by atomic mass is 10.1. The fourth-order valence-corrected chi connectivity index (χ4v) is 1.70. The molecular formula is C11H17N5O. The van der Waals surface area contributed by atoms with E-state index in [1.165, 1.54) is 25.2 Å². The molecule has 17 heavy (non-hydrogen) atoms. The van der Waals surface area contributed by atoms with Crippen LogP contribution in [0.2, 0.25) is 0 Å². The minimum absolute atomic E-state index is 0.187. The predicted molar refractivity (Wildman–Crippen MR) is 64.1 cm³/mol. The Kier molecular flexibility index (Phi) is 3.53. The van der Waals surface area contributed by atoms with Gasteiger partial charge in [0, 0.05) is 6.54 Å². The zero-order valence-electron chi connectivity index (χ0n) is 9.81. The average Bonchev–Trinajstić information content (AvgIpc) is 3.20. The summed E-state index contributed by atoms with van der Waals surface area (Å²) in [6, 6.07) is 0. The van der Waals surface area contributed by atoms with Gasteiger partial charge in [0.05, 0.1) is 12.4 Å². The number of aromatic nitrogens is 2. The summed E-state index contributed by atoms with van der Waals surface area (Å²) in [4.78, 5) is 19.6. The lowest BCUT2D eigenvalue weighted by Gasteiger charge is -2.10. The third-order valence-electron chi connectivity index (χ3n) is 3.04. The lowest BCUT2D eigenvalue weighted by molar-refractivity contribution is 0.0941. The van der Waals surface area contributed by atoms with Gasteiger partial charge in [0.15, 0.2) is 5.82 Å². The van der Waals surface area contributed by atoms with E-state index in [0.717, 1.165) is 5.92 Å². The molecule has 2 rings (SSSR count). The molecule has 1 unspecified atom stereocenters. The van der Waals surface area contributed by atoms with E-state index in [9.17, 15) is 4.79 Å². The van der Waals surface area contributed by atoms with Crippen LogP contribution in [0.4, 0.5) is 5.82 Å². The Morgan fingerprint density at radius 1 is 1.53 bits per heavy atom. The van der Waals surface area contributed by atoms with Gasteiger partial charge in [-0.25, -0.2) is 15.8 Å². The van der Waals surface area contributed by atoms with Gasteiger partial charge >= 0.3 is 0 Å². The number of hydrazine groups is 1. The van der Waals surface area contributed by atoms with Crippen molar-refractivity contribution in [1.29, 1.82) is 0 Å². The molecule has 0 radical (unpaired) electrons. The molecule has 0 aromatic carbocycles. The van der Waals surface area contributed by atoms with Crippen molar-refractivity contribution in [3.05, 3.63) is 18.1 Å². The summed E-state index contributed by atoms with van der Waals surface area (Å²) in [6.45, 7) is 2.85. The van der Waals surface area contributed by atoms with Crippen LogP contribution in [-0.2, 0) is 0 Å². The summed E-state index contributed by atoms with van der Waals surface area (Å²) in [7, 11) is 0. The molecule has 6 nitrogen and oxygen atoms in total. The van der Waals surface area contributed by atoms with Crippen LogP contribution in [0.25, 0.3) is 0 Å². The third-order valence-corrected chi connectivity index (χ3v) is 3.04. The second-order valence-electron chi connectivity index (χ2n) is 4.46. The fourth-order valence-electron chi connectivity index (χ4n) is 1.70. The van der Waals surface area contributed by atoms with E-state index in [1.807, 2.05) is 0 Å². The molecular weight excluding hydrogens is 218 g/mol. The largest absolute Gasteiger partial charge is 0.350 e. The summed E-state index contributed by atoms with van der Waals surface area (Å²) < 4.78 is 0. The highest BCUT2D eigenvalue weighted by Crippen LogP contribution is 2.36. The molecule has 1 aromatic heterocycles. The Morgan fingerprint density at radius 2 is 2.29 bits per heavy atom. The number of nitrogens with zero attached hydrogens (tertiary/aromatic N) is 2. The van der Waals surface area contributed by atoms with E-state index in [0.29, 0.717) is 24.0 Å². The van der Waals surface area contributed by atoms with Crippen molar-refractivity contribution in [2.24, 2.45) is 17.7 Å². The monoisotopic (exact) mass is 235 g/mol. The maximum Gasteiger partial charge on any atom is 0.271 e. The number of nitrogen functional groups attached to an aromatic ring is 1. The summed E-state index contributed by atoms with van der Waals surface area (Å²) in [5.41, 5.74) is 2.67. The highest BCUT2D eigenvalue weighted by atomic mass is 16.1. The number of rotatable bonds is 5. The molecule has 0 aliphatic heterocycles. The fraction of sp³-hybridized carbons (Fsp3) is 0.545. The standard InChI is InChI=1S/C11H17N5O/c1-7(8-2-3-8)4-15-11(17)9-5-14-10(16-12)6-13-9/h5-8H,2-4,12H2,1H3,(H,14,16)(H,15,17). The normalized spacial score (nSPS) is 16.4. The number of amides is 1. The van der Waals surface area contributed by atoms with E-state index >= 15 is 0 Å². The number of carbonyl (C=O) groups excluding carboxylic acids is 1. The molecule has 1 fully saturated rings. The second kappa shape index (κ2) is 5.09. The average molecular weight is 235 g/mol. The number of anilines is 1. The Balaban J connectivity index is 1.85. The Morgan fingerprint density at radius 3 is 2.82 bits per heavy atom. The van der Waals surface area contributed by atoms with E-state index in [4.69, 9.17) is 5.84 Å². The second-order valence-corrected chi connectivity index (χ2v) is 4.46. The van der Waals surface area contributed by atoms with Crippen molar-refractivity contribution < 1.29 is 4.79 Å². The third kappa shape index (κ3) is 3.13. The summed E-state index contributed by atoms with van der Waals surface area (Å²) in [5.74, 6) is 6.73. The van der Waals surface area contributed by atoms with Crippen molar-refractivity contribution in [1.82, 2.24) is 15.3 Å². The molecule has 1 saturated carbocycles. The molecule has 1 aliphatic rings. The molecule has 1 heterocycles.